The van der Waals surface area contributed by atoms with E-state index in [1.54, 1.807) is 6.33 Å². The molecule has 0 bridgehead atoms. The first-order valence-corrected chi connectivity index (χ1v) is 5.36. The summed E-state index contributed by atoms with van der Waals surface area (Å²) in [5.41, 5.74) is 0. The molecule has 0 aromatic carbocycles. The largest absolute Gasteiger partial charge is 0.305 e. The molecule has 1 rings (SSSR count). The Morgan fingerprint density at radius 2 is 2.43 bits per heavy atom. The van der Waals surface area contributed by atoms with Crippen molar-refractivity contribution in [2.45, 2.75) is 32.9 Å². The lowest BCUT2D eigenvalue weighted by Crippen LogP contribution is -2.31. The van der Waals surface area contributed by atoms with Gasteiger partial charge in [0.15, 0.2) is 4.77 Å². The van der Waals surface area contributed by atoms with Gasteiger partial charge in [0.05, 0.1) is 0 Å². The molecule has 1 aromatic rings. The van der Waals surface area contributed by atoms with Crippen LogP contribution in [0.5, 0.6) is 0 Å². The van der Waals surface area contributed by atoms with E-state index in [-0.39, 0.29) is 0 Å². The van der Waals surface area contributed by atoms with Gasteiger partial charge in [-0.05, 0) is 32.6 Å². The van der Waals surface area contributed by atoms with Gasteiger partial charge < -0.3 is 9.47 Å². The summed E-state index contributed by atoms with van der Waals surface area (Å²) in [6.07, 6.45) is 2.92. The molecule has 4 nitrogen and oxygen atoms in total. The Morgan fingerprint density at radius 3 is 2.93 bits per heavy atom. The zero-order valence-electron chi connectivity index (χ0n) is 9.03. The molecule has 1 N–H and O–H groups in total. The third-order valence-electron chi connectivity index (χ3n) is 2.66. The summed E-state index contributed by atoms with van der Waals surface area (Å²) in [6.45, 7) is 6.33. The predicted molar refractivity (Wildman–Crippen MR) is 59.8 cm³/mol. The maximum Gasteiger partial charge on any atom is 0.194 e. The molecule has 1 atom stereocenters. The fourth-order valence-electron chi connectivity index (χ4n) is 1.23. The quantitative estimate of drug-likeness (QED) is 0.758. The van der Waals surface area contributed by atoms with E-state index in [4.69, 9.17) is 12.2 Å². The number of likely N-dealkylation sites (N-methyl/N-ethyl adjacent to an activating group) is 1. The van der Waals surface area contributed by atoms with Gasteiger partial charge in [0.1, 0.15) is 6.33 Å². The van der Waals surface area contributed by atoms with E-state index in [0.717, 1.165) is 13.1 Å². The highest BCUT2D eigenvalue weighted by atomic mass is 32.1. The summed E-state index contributed by atoms with van der Waals surface area (Å²) in [6, 6.07) is 0.621. The first-order chi connectivity index (χ1) is 6.65. The maximum atomic E-state index is 5.06. The average Bonchev–Trinajstić information content (AvgIpc) is 2.59. The highest BCUT2D eigenvalue weighted by Gasteiger charge is 2.06. The Hall–Kier alpha value is -0.680. The van der Waals surface area contributed by atoms with E-state index >= 15 is 0 Å². The van der Waals surface area contributed by atoms with Crippen LogP contribution in [0.1, 0.15) is 20.3 Å². The van der Waals surface area contributed by atoms with Crippen LogP contribution in [-0.4, -0.2) is 39.3 Å². The number of hydrogen-bond donors (Lipinski definition) is 1. The van der Waals surface area contributed by atoms with Crippen molar-refractivity contribution in [3.63, 3.8) is 0 Å². The first-order valence-electron chi connectivity index (χ1n) is 4.95. The third-order valence-corrected chi connectivity index (χ3v) is 2.98. The molecular weight excluding hydrogens is 196 g/mol. The summed E-state index contributed by atoms with van der Waals surface area (Å²) in [7, 11) is 2.14. The molecular formula is C9H18N4S. The van der Waals surface area contributed by atoms with Crippen LogP contribution in [-0.2, 0) is 6.54 Å². The average molecular weight is 214 g/mol. The number of nitrogens with one attached hydrogen (secondary N) is 1. The molecule has 0 aliphatic heterocycles. The Bertz CT molecular complexity index is 317. The smallest absolute Gasteiger partial charge is 0.194 e. The Balaban J connectivity index is 2.41. The maximum absolute atomic E-state index is 5.06. The van der Waals surface area contributed by atoms with Gasteiger partial charge in [0, 0.05) is 19.1 Å². The number of hydrogen-bond acceptors (Lipinski definition) is 3. The van der Waals surface area contributed by atoms with Gasteiger partial charge in [0.25, 0.3) is 0 Å². The number of H-pyrrole nitrogens is 1. The fraction of sp³-hybridized carbons (Fsp3) is 0.778. The minimum absolute atomic E-state index is 0.621. The molecule has 1 aromatic heterocycles. The molecule has 0 fully saturated rings. The number of aromatic nitrogens is 3. The first kappa shape index (κ1) is 11.4. The van der Waals surface area contributed by atoms with Crippen LogP contribution in [0.15, 0.2) is 6.33 Å². The van der Waals surface area contributed by atoms with Crippen LogP contribution in [0.4, 0.5) is 0 Å². The second-order valence-corrected chi connectivity index (χ2v) is 3.98. The van der Waals surface area contributed by atoms with Crippen molar-refractivity contribution in [3.05, 3.63) is 11.1 Å². The summed E-state index contributed by atoms with van der Waals surface area (Å²) in [4.78, 5) is 2.33. The van der Waals surface area contributed by atoms with Crippen LogP contribution in [0.25, 0.3) is 0 Å². The van der Waals surface area contributed by atoms with E-state index in [2.05, 4.69) is 36.0 Å². The Morgan fingerprint density at radius 1 is 1.71 bits per heavy atom. The highest BCUT2D eigenvalue weighted by molar-refractivity contribution is 7.71. The lowest BCUT2D eigenvalue weighted by atomic mass is 10.2. The van der Waals surface area contributed by atoms with Crippen molar-refractivity contribution in [2.75, 3.05) is 13.6 Å². The van der Waals surface area contributed by atoms with Crippen LogP contribution in [0.2, 0.25) is 0 Å². The van der Waals surface area contributed by atoms with Gasteiger partial charge in [0.2, 0.25) is 0 Å². The number of nitrogens with zero attached hydrogens (tertiary/aromatic N) is 3. The molecule has 0 aliphatic rings. The predicted octanol–water partition coefficient (Wildman–Crippen LogP) is 1.67. The number of rotatable bonds is 5. The monoisotopic (exact) mass is 214 g/mol. The lowest BCUT2D eigenvalue weighted by molar-refractivity contribution is 0.242. The molecule has 1 heterocycles. The van der Waals surface area contributed by atoms with Crippen molar-refractivity contribution < 1.29 is 0 Å². The molecule has 80 valence electrons. The molecule has 0 saturated carbocycles. The van der Waals surface area contributed by atoms with Gasteiger partial charge in [-0.1, -0.05) is 6.92 Å². The van der Waals surface area contributed by atoms with Gasteiger partial charge in [-0.3, -0.25) is 5.10 Å². The second kappa shape index (κ2) is 5.26. The van der Waals surface area contributed by atoms with Crippen molar-refractivity contribution in [1.82, 2.24) is 19.7 Å². The van der Waals surface area contributed by atoms with E-state index < -0.39 is 0 Å². The zero-order valence-corrected chi connectivity index (χ0v) is 9.84. The molecule has 0 spiro atoms. The highest BCUT2D eigenvalue weighted by Crippen LogP contribution is 2.00. The lowest BCUT2D eigenvalue weighted by Gasteiger charge is -2.23. The van der Waals surface area contributed by atoms with Gasteiger partial charge in [-0.2, -0.15) is 5.10 Å². The zero-order chi connectivity index (χ0) is 10.6. The SMILES string of the molecule is CCC(C)N(C)CCn1cn[nH]c1=S. The Labute approximate surface area is 89.9 Å². The topological polar surface area (TPSA) is 36.9 Å². The molecule has 5 heteroatoms. The third kappa shape index (κ3) is 2.92. The molecule has 1 unspecified atom stereocenters. The van der Waals surface area contributed by atoms with E-state index in [1.165, 1.54) is 6.42 Å². The standard InChI is InChI=1S/C9H18N4S/c1-4-8(2)12(3)5-6-13-7-10-11-9(13)14/h7-8H,4-6H2,1-3H3,(H,11,14). The van der Waals surface area contributed by atoms with Crippen molar-refractivity contribution in [1.29, 1.82) is 0 Å². The number of aromatic amines is 1. The van der Waals surface area contributed by atoms with Gasteiger partial charge >= 0.3 is 0 Å². The minimum Gasteiger partial charge on any atom is -0.305 e. The summed E-state index contributed by atoms with van der Waals surface area (Å²) >= 11 is 5.06. The summed E-state index contributed by atoms with van der Waals surface area (Å²) in [5.74, 6) is 0. The van der Waals surface area contributed by atoms with Crippen molar-refractivity contribution >= 4 is 12.2 Å². The van der Waals surface area contributed by atoms with Gasteiger partial charge in [-0.25, -0.2) is 0 Å². The molecule has 14 heavy (non-hydrogen) atoms. The Kier molecular flexibility index (Phi) is 4.28. The molecule has 0 saturated heterocycles. The van der Waals surface area contributed by atoms with Crippen molar-refractivity contribution in [2.24, 2.45) is 0 Å². The van der Waals surface area contributed by atoms with Gasteiger partial charge in [-0.15, -0.1) is 0 Å². The summed E-state index contributed by atoms with van der Waals surface area (Å²) in [5, 5.41) is 6.62. The van der Waals surface area contributed by atoms with Crippen molar-refractivity contribution in [3.8, 4) is 0 Å². The molecule has 0 radical (unpaired) electrons. The van der Waals surface area contributed by atoms with E-state index in [0.29, 0.717) is 10.8 Å². The minimum atomic E-state index is 0.621. The fourth-order valence-corrected chi connectivity index (χ4v) is 1.42. The van der Waals surface area contributed by atoms with Crippen LogP contribution >= 0.6 is 12.2 Å². The molecule has 0 amide bonds. The second-order valence-electron chi connectivity index (χ2n) is 3.59. The van der Waals surface area contributed by atoms with Crippen LogP contribution in [0, 0.1) is 4.77 Å². The normalized spacial score (nSPS) is 13.4. The van der Waals surface area contributed by atoms with Crippen LogP contribution < -0.4 is 0 Å². The molecule has 0 aliphatic carbocycles. The van der Waals surface area contributed by atoms with E-state index in [9.17, 15) is 0 Å². The van der Waals surface area contributed by atoms with Crippen LogP contribution in [0.3, 0.4) is 0 Å². The summed E-state index contributed by atoms with van der Waals surface area (Å²) < 4.78 is 2.65. The van der Waals surface area contributed by atoms with E-state index in [1.807, 2.05) is 4.57 Å².